The van der Waals surface area contributed by atoms with E-state index in [9.17, 15) is 4.79 Å². The van der Waals surface area contributed by atoms with Gasteiger partial charge in [0, 0.05) is 47.7 Å². The van der Waals surface area contributed by atoms with Gasteiger partial charge in [-0.2, -0.15) is 0 Å². The average molecular weight is 422 g/mol. The van der Waals surface area contributed by atoms with E-state index in [4.69, 9.17) is 16.6 Å². The van der Waals surface area contributed by atoms with Crippen molar-refractivity contribution in [3.8, 4) is 0 Å². The zero-order chi connectivity index (χ0) is 20.0. The number of aryl methyl sites for hydroxylation is 1. The quantitative estimate of drug-likeness (QED) is 0.436. The number of carbonyl (C=O) groups excluding carboxylic acids is 1. The van der Waals surface area contributed by atoms with Crippen LogP contribution in [0.2, 0.25) is 5.02 Å². The fourth-order valence-electron chi connectivity index (χ4n) is 3.84. The van der Waals surface area contributed by atoms with Gasteiger partial charge in [0.1, 0.15) is 4.83 Å². The molecule has 1 aliphatic heterocycles. The van der Waals surface area contributed by atoms with Crippen molar-refractivity contribution in [2.45, 2.75) is 6.92 Å². The molecule has 3 heterocycles. The topological polar surface area (TPSA) is 36.4 Å². The summed E-state index contributed by atoms with van der Waals surface area (Å²) in [6, 6.07) is 18.3. The number of amides is 1. The smallest absolute Gasteiger partial charge is 0.264 e. The minimum atomic E-state index is 0.101. The third kappa shape index (κ3) is 3.56. The minimum Gasteiger partial charge on any atom is -0.368 e. The number of benzene rings is 2. The number of anilines is 1. The van der Waals surface area contributed by atoms with Crippen LogP contribution in [0.1, 0.15) is 15.2 Å². The van der Waals surface area contributed by atoms with Crippen LogP contribution in [-0.2, 0) is 0 Å². The number of thiophene rings is 1. The summed E-state index contributed by atoms with van der Waals surface area (Å²) in [7, 11) is 0. The highest BCUT2D eigenvalue weighted by atomic mass is 35.5. The highest BCUT2D eigenvalue weighted by Crippen LogP contribution is 2.29. The number of aromatic nitrogens is 1. The molecule has 0 atom stereocenters. The van der Waals surface area contributed by atoms with Gasteiger partial charge >= 0.3 is 0 Å². The van der Waals surface area contributed by atoms with E-state index in [-0.39, 0.29) is 5.91 Å². The van der Waals surface area contributed by atoms with E-state index in [1.165, 1.54) is 16.9 Å². The van der Waals surface area contributed by atoms with E-state index in [0.717, 1.165) is 49.8 Å². The van der Waals surface area contributed by atoms with Crippen molar-refractivity contribution in [2.75, 3.05) is 31.1 Å². The number of nitrogens with zero attached hydrogens (tertiary/aromatic N) is 3. The number of piperazine rings is 1. The van der Waals surface area contributed by atoms with E-state index >= 15 is 0 Å². The lowest BCUT2D eigenvalue weighted by molar-refractivity contribution is 0.0751. The Morgan fingerprint density at radius 1 is 0.966 bits per heavy atom. The van der Waals surface area contributed by atoms with Crippen LogP contribution in [0.5, 0.6) is 0 Å². The molecule has 29 heavy (non-hydrogen) atoms. The van der Waals surface area contributed by atoms with Crippen LogP contribution in [0.4, 0.5) is 5.69 Å². The van der Waals surface area contributed by atoms with Crippen molar-refractivity contribution in [3.63, 3.8) is 0 Å². The lowest BCUT2D eigenvalue weighted by atomic mass is 10.1. The second-order valence-electron chi connectivity index (χ2n) is 7.45. The molecule has 0 N–H and O–H groups in total. The summed E-state index contributed by atoms with van der Waals surface area (Å²) in [4.78, 5) is 23.8. The highest BCUT2D eigenvalue weighted by molar-refractivity contribution is 7.20. The molecule has 0 unspecified atom stereocenters. The van der Waals surface area contributed by atoms with Gasteiger partial charge in [0.15, 0.2) is 0 Å². The Bertz CT molecular complexity index is 1210. The predicted molar refractivity (Wildman–Crippen MR) is 121 cm³/mol. The molecule has 0 bridgehead atoms. The second-order valence-corrected chi connectivity index (χ2v) is 8.91. The minimum absolute atomic E-state index is 0.101. The van der Waals surface area contributed by atoms with Crippen molar-refractivity contribution in [2.24, 2.45) is 0 Å². The Hall–Kier alpha value is -2.63. The predicted octanol–water partition coefficient (Wildman–Crippen LogP) is 5.37. The molecular formula is C23H20ClN3OS. The number of rotatable bonds is 2. The number of carbonyl (C=O) groups is 1. The number of pyridine rings is 1. The first-order valence-electron chi connectivity index (χ1n) is 9.67. The number of fused-ring (bicyclic) bond motifs is 2. The maximum atomic E-state index is 13.1. The van der Waals surface area contributed by atoms with E-state index in [1.807, 2.05) is 41.3 Å². The fraction of sp³-hybridized carbons (Fsp3) is 0.217. The third-order valence-corrected chi connectivity index (χ3v) is 6.71. The van der Waals surface area contributed by atoms with Gasteiger partial charge in [-0.15, -0.1) is 11.3 Å². The summed E-state index contributed by atoms with van der Waals surface area (Å²) < 4.78 is 0. The van der Waals surface area contributed by atoms with E-state index in [1.54, 1.807) is 0 Å². The van der Waals surface area contributed by atoms with Gasteiger partial charge in [0.05, 0.1) is 10.4 Å². The summed E-state index contributed by atoms with van der Waals surface area (Å²) in [5.74, 6) is 0.101. The van der Waals surface area contributed by atoms with Crippen LogP contribution in [0.3, 0.4) is 0 Å². The molecule has 5 rings (SSSR count). The molecule has 0 spiro atoms. The van der Waals surface area contributed by atoms with E-state index in [2.05, 4.69) is 30.0 Å². The molecule has 0 saturated carbocycles. The molecule has 0 aliphatic carbocycles. The van der Waals surface area contributed by atoms with E-state index in [0.29, 0.717) is 13.1 Å². The summed E-state index contributed by atoms with van der Waals surface area (Å²) in [6.07, 6.45) is 0. The van der Waals surface area contributed by atoms with Crippen LogP contribution in [-0.4, -0.2) is 42.0 Å². The summed E-state index contributed by atoms with van der Waals surface area (Å²) in [5.41, 5.74) is 3.33. The molecule has 2 aromatic carbocycles. The highest BCUT2D eigenvalue weighted by Gasteiger charge is 2.24. The van der Waals surface area contributed by atoms with Crippen LogP contribution < -0.4 is 4.90 Å². The van der Waals surface area contributed by atoms with Crippen molar-refractivity contribution in [1.29, 1.82) is 0 Å². The first-order chi connectivity index (χ1) is 14.1. The van der Waals surface area contributed by atoms with Gasteiger partial charge < -0.3 is 9.80 Å². The van der Waals surface area contributed by atoms with Gasteiger partial charge in [-0.1, -0.05) is 23.2 Å². The Labute approximate surface area is 178 Å². The zero-order valence-corrected chi connectivity index (χ0v) is 17.6. The normalized spacial score (nSPS) is 14.7. The van der Waals surface area contributed by atoms with Gasteiger partial charge in [-0.05, 0) is 55.5 Å². The lowest BCUT2D eigenvalue weighted by Crippen LogP contribution is -2.48. The van der Waals surface area contributed by atoms with Crippen LogP contribution in [0, 0.1) is 6.92 Å². The largest absolute Gasteiger partial charge is 0.368 e. The molecule has 1 aliphatic rings. The Morgan fingerprint density at radius 2 is 1.72 bits per heavy atom. The maximum absolute atomic E-state index is 13.1. The second kappa shape index (κ2) is 7.32. The van der Waals surface area contributed by atoms with Crippen LogP contribution in [0.25, 0.3) is 21.1 Å². The SMILES string of the molecule is Cc1ccc2nc3sc(C(=O)N4CCN(c5ccc(Cl)cc5)CC4)cc3cc2c1. The number of halogens is 1. The molecule has 1 amide bonds. The van der Waals surface area contributed by atoms with Crippen LogP contribution in [0.15, 0.2) is 54.6 Å². The lowest BCUT2D eigenvalue weighted by Gasteiger charge is -2.36. The zero-order valence-electron chi connectivity index (χ0n) is 16.1. The van der Waals surface area contributed by atoms with Gasteiger partial charge in [0.25, 0.3) is 5.91 Å². The number of hydrogen-bond acceptors (Lipinski definition) is 4. The summed E-state index contributed by atoms with van der Waals surface area (Å²) in [6.45, 7) is 5.14. The summed E-state index contributed by atoms with van der Waals surface area (Å²) >= 11 is 7.47. The molecule has 1 saturated heterocycles. The van der Waals surface area contributed by atoms with Gasteiger partial charge in [0.2, 0.25) is 0 Å². The third-order valence-electron chi connectivity index (χ3n) is 5.43. The maximum Gasteiger partial charge on any atom is 0.264 e. The Balaban J connectivity index is 1.34. The molecular weight excluding hydrogens is 402 g/mol. The van der Waals surface area contributed by atoms with Gasteiger partial charge in [-0.3, -0.25) is 4.79 Å². The molecule has 6 heteroatoms. The molecule has 146 valence electrons. The van der Waals surface area contributed by atoms with E-state index < -0.39 is 0 Å². The first kappa shape index (κ1) is 18.4. The fourth-order valence-corrected chi connectivity index (χ4v) is 4.95. The molecule has 4 nitrogen and oxygen atoms in total. The Morgan fingerprint density at radius 3 is 2.48 bits per heavy atom. The molecule has 0 radical (unpaired) electrons. The number of hydrogen-bond donors (Lipinski definition) is 0. The van der Waals surface area contributed by atoms with Crippen molar-refractivity contribution >= 4 is 55.7 Å². The monoisotopic (exact) mass is 421 g/mol. The standard InChI is InChI=1S/C23H20ClN3OS/c1-15-2-7-20-16(12-15)13-17-14-21(29-22(17)25-20)23(28)27-10-8-26(9-11-27)19-5-3-18(24)4-6-19/h2-7,12-14H,8-11H2,1H3. The van der Waals surface area contributed by atoms with Crippen LogP contribution >= 0.6 is 22.9 Å². The molecule has 1 fully saturated rings. The van der Waals surface area contributed by atoms with Crippen molar-refractivity contribution in [3.05, 3.63) is 70.1 Å². The van der Waals surface area contributed by atoms with Crippen molar-refractivity contribution < 1.29 is 4.79 Å². The average Bonchev–Trinajstić information content (AvgIpc) is 3.15. The van der Waals surface area contributed by atoms with Gasteiger partial charge in [-0.25, -0.2) is 4.98 Å². The first-order valence-corrected chi connectivity index (χ1v) is 10.9. The molecule has 4 aromatic rings. The summed E-state index contributed by atoms with van der Waals surface area (Å²) in [5, 5.41) is 2.89. The van der Waals surface area contributed by atoms with Crippen molar-refractivity contribution in [1.82, 2.24) is 9.88 Å². The Kier molecular flexibility index (Phi) is 4.64. The molecule has 2 aromatic heterocycles.